The van der Waals surface area contributed by atoms with Gasteiger partial charge in [-0.1, -0.05) is 0 Å². The number of nitrogens with zero attached hydrogens (tertiary/aromatic N) is 2. The van der Waals surface area contributed by atoms with Crippen LogP contribution in [0.25, 0.3) is 0 Å². The first-order valence-corrected chi connectivity index (χ1v) is 5.80. The Hall–Kier alpha value is -1.66. The van der Waals surface area contributed by atoms with Gasteiger partial charge < -0.3 is 19.8 Å². The predicted octanol–water partition coefficient (Wildman–Crippen LogP) is 0.366. The maximum Gasteiger partial charge on any atom is 0.354 e. The molecule has 2 unspecified atom stereocenters. The molecule has 1 aliphatic rings. The van der Waals surface area contributed by atoms with Crippen LogP contribution in [0.3, 0.4) is 0 Å². The summed E-state index contributed by atoms with van der Waals surface area (Å²) in [6.07, 6.45) is 1.35. The minimum absolute atomic E-state index is 0.0232. The minimum atomic E-state index is -1.04. The van der Waals surface area contributed by atoms with Gasteiger partial charge in [0.1, 0.15) is 5.69 Å². The summed E-state index contributed by atoms with van der Waals surface area (Å²) in [5.74, 6) is -1.04. The van der Waals surface area contributed by atoms with Gasteiger partial charge in [-0.25, -0.2) is 9.78 Å². The lowest BCUT2D eigenvalue weighted by molar-refractivity contribution is -0.0421. The highest BCUT2D eigenvalue weighted by molar-refractivity contribution is 5.85. The summed E-state index contributed by atoms with van der Waals surface area (Å²) >= 11 is 0. The predicted molar refractivity (Wildman–Crippen MR) is 64.8 cm³/mol. The van der Waals surface area contributed by atoms with Crippen LogP contribution in [0, 0.1) is 0 Å². The Morgan fingerprint density at radius 2 is 2.33 bits per heavy atom. The number of carbonyl (C=O) groups is 1. The van der Waals surface area contributed by atoms with Gasteiger partial charge in [-0.3, -0.25) is 0 Å². The Balaban J connectivity index is 2.12. The van der Waals surface area contributed by atoms with Crippen molar-refractivity contribution in [3.05, 3.63) is 24.0 Å². The number of aromatic carboxylic acids is 1. The molecule has 1 aliphatic heterocycles. The molecular weight excluding hydrogens is 236 g/mol. The fourth-order valence-electron chi connectivity index (χ4n) is 2.06. The molecular formula is C12H16N2O4. The molecule has 2 rings (SSSR count). The number of morpholine rings is 1. The zero-order valence-electron chi connectivity index (χ0n) is 10.1. The second kappa shape index (κ2) is 5.32. The van der Waals surface area contributed by atoms with E-state index in [0.29, 0.717) is 13.1 Å². The maximum atomic E-state index is 10.7. The summed E-state index contributed by atoms with van der Waals surface area (Å²) in [5.41, 5.74) is 0.868. The highest BCUT2D eigenvalue weighted by atomic mass is 16.5. The quantitative estimate of drug-likeness (QED) is 0.808. The van der Waals surface area contributed by atoms with Gasteiger partial charge in [0, 0.05) is 13.1 Å². The maximum absolute atomic E-state index is 10.7. The van der Waals surface area contributed by atoms with Crippen molar-refractivity contribution < 1.29 is 19.7 Å². The van der Waals surface area contributed by atoms with Crippen molar-refractivity contribution in [1.29, 1.82) is 0 Å². The third-order valence-corrected chi connectivity index (χ3v) is 2.86. The van der Waals surface area contributed by atoms with Crippen LogP contribution in [-0.4, -0.2) is 53.1 Å². The number of hydrogen-bond donors (Lipinski definition) is 2. The van der Waals surface area contributed by atoms with Crippen LogP contribution in [0.15, 0.2) is 18.3 Å². The molecule has 0 saturated carbocycles. The smallest absolute Gasteiger partial charge is 0.354 e. The van der Waals surface area contributed by atoms with Gasteiger partial charge in [0.2, 0.25) is 0 Å². The molecule has 1 aromatic heterocycles. The van der Waals surface area contributed by atoms with Gasteiger partial charge in [0.25, 0.3) is 0 Å². The van der Waals surface area contributed by atoms with Crippen LogP contribution in [0.4, 0.5) is 5.69 Å². The molecule has 0 aliphatic carbocycles. The Kier molecular flexibility index (Phi) is 3.78. The zero-order valence-corrected chi connectivity index (χ0v) is 10.1. The molecule has 98 valence electrons. The van der Waals surface area contributed by atoms with E-state index >= 15 is 0 Å². The molecule has 0 spiro atoms. The molecule has 6 nitrogen and oxygen atoms in total. The third-order valence-electron chi connectivity index (χ3n) is 2.86. The lowest BCUT2D eigenvalue weighted by Crippen LogP contribution is -2.48. The lowest BCUT2D eigenvalue weighted by Gasteiger charge is -2.37. The number of carboxylic acid groups (broad SMARTS) is 1. The molecule has 1 saturated heterocycles. The summed E-state index contributed by atoms with van der Waals surface area (Å²) < 4.78 is 5.54. The summed E-state index contributed by atoms with van der Waals surface area (Å²) in [7, 11) is 0. The van der Waals surface area contributed by atoms with Crippen molar-refractivity contribution in [1.82, 2.24) is 4.98 Å². The Labute approximate surface area is 105 Å². The van der Waals surface area contributed by atoms with Gasteiger partial charge in [-0.05, 0) is 19.1 Å². The molecule has 18 heavy (non-hydrogen) atoms. The third kappa shape index (κ3) is 2.77. The van der Waals surface area contributed by atoms with E-state index in [4.69, 9.17) is 14.9 Å². The number of rotatable bonds is 3. The fraction of sp³-hybridized carbons (Fsp3) is 0.500. The molecule has 0 radical (unpaired) electrons. The van der Waals surface area contributed by atoms with Crippen LogP contribution in [0.1, 0.15) is 17.4 Å². The minimum Gasteiger partial charge on any atom is -0.477 e. The van der Waals surface area contributed by atoms with E-state index in [2.05, 4.69) is 4.98 Å². The zero-order chi connectivity index (χ0) is 13.1. The monoisotopic (exact) mass is 252 g/mol. The molecule has 2 atom stereocenters. The number of hydrogen-bond acceptors (Lipinski definition) is 5. The second-order valence-corrected chi connectivity index (χ2v) is 4.36. The summed E-state index contributed by atoms with van der Waals surface area (Å²) in [6, 6.07) is 3.20. The van der Waals surface area contributed by atoms with Gasteiger partial charge >= 0.3 is 5.97 Å². The van der Waals surface area contributed by atoms with E-state index < -0.39 is 5.97 Å². The number of aliphatic hydroxyl groups is 1. The number of aliphatic hydroxyl groups excluding tert-OH is 1. The fourth-order valence-corrected chi connectivity index (χ4v) is 2.06. The van der Waals surface area contributed by atoms with Crippen LogP contribution in [0.2, 0.25) is 0 Å². The molecule has 1 aromatic rings. The van der Waals surface area contributed by atoms with Crippen LogP contribution in [-0.2, 0) is 4.74 Å². The SMILES string of the molecule is CC1CN(c2ccc(C(=O)O)nc2)CC(CO)O1. The Bertz CT molecular complexity index is 421. The molecule has 2 heterocycles. The van der Waals surface area contributed by atoms with Gasteiger partial charge in [-0.2, -0.15) is 0 Å². The van der Waals surface area contributed by atoms with Gasteiger partial charge in [0.15, 0.2) is 0 Å². The van der Waals surface area contributed by atoms with Crippen LogP contribution < -0.4 is 4.90 Å². The van der Waals surface area contributed by atoms with E-state index in [1.54, 1.807) is 6.07 Å². The summed E-state index contributed by atoms with van der Waals surface area (Å²) in [5, 5.41) is 17.9. The highest BCUT2D eigenvalue weighted by Gasteiger charge is 2.25. The first kappa shape index (κ1) is 12.8. The van der Waals surface area contributed by atoms with E-state index in [1.807, 2.05) is 11.8 Å². The first-order valence-electron chi connectivity index (χ1n) is 5.80. The van der Waals surface area contributed by atoms with Crippen LogP contribution >= 0.6 is 0 Å². The van der Waals surface area contributed by atoms with Crippen molar-refractivity contribution in [2.24, 2.45) is 0 Å². The summed E-state index contributed by atoms with van der Waals surface area (Å²) in [6.45, 7) is 3.19. The normalized spacial score (nSPS) is 24.0. The number of pyridine rings is 1. The molecule has 0 amide bonds. The molecule has 0 aromatic carbocycles. The number of carboxylic acids is 1. The van der Waals surface area contributed by atoms with Crippen molar-refractivity contribution in [2.75, 3.05) is 24.6 Å². The van der Waals surface area contributed by atoms with E-state index in [-0.39, 0.29) is 24.5 Å². The summed E-state index contributed by atoms with van der Waals surface area (Å²) in [4.78, 5) is 16.6. The number of anilines is 1. The van der Waals surface area contributed by atoms with Crippen molar-refractivity contribution >= 4 is 11.7 Å². The Morgan fingerprint density at radius 3 is 2.89 bits per heavy atom. The molecule has 0 bridgehead atoms. The number of ether oxygens (including phenoxy) is 1. The first-order chi connectivity index (χ1) is 8.60. The molecule has 1 fully saturated rings. The van der Waals surface area contributed by atoms with E-state index in [9.17, 15) is 4.79 Å². The van der Waals surface area contributed by atoms with E-state index in [0.717, 1.165) is 5.69 Å². The van der Waals surface area contributed by atoms with Gasteiger partial charge in [-0.15, -0.1) is 0 Å². The Morgan fingerprint density at radius 1 is 1.56 bits per heavy atom. The largest absolute Gasteiger partial charge is 0.477 e. The van der Waals surface area contributed by atoms with Crippen LogP contribution in [0.5, 0.6) is 0 Å². The standard InChI is InChI=1S/C12H16N2O4/c1-8-5-14(6-10(7-15)18-8)9-2-3-11(12(16)17)13-4-9/h2-4,8,10,15H,5-7H2,1H3,(H,16,17). The molecule has 2 N–H and O–H groups in total. The number of aromatic nitrogens is 1. The van der Waals surface area contributed by atoms with Crippen molar-refractivity contribution in [3.8, 4) is 0 Å². The molecule has 6 heteroatoms. The average molecular weight is 252 g/mol. The lowest BCUT2D eigenvalue weighted by atomic mass is 10.2. The topological polar surface area (TPSA) is 82.9 Å². The second-order valence-electron chi connectivity index (χ2n) is 4.36. The van der Waals surface area contributed by atoms with Crippen molar-refractivity contribution in [2.45, 2.75) is 19.1 Å². The average Bonchev–Trinajstić information content (AvgIpc) is 2.38. The van der Waals surface area contributed by atoms with E-state index in [1.165, 1.54) is 12.3 Å². The van der Waals surface area contributed by atoms with Crippen molar-refractivity contribution in [3.63, 3.8) is 0 Å². The van der Waals surface area contributed by atoms with Gasteiger partial charge in [0.05, 0.1) is 30.7 Å². The highest BCUT2D eigenvalue weighted by Crippen LogP contribution is 2.19.